The summed E-state index contributed by atoms with van der Waals surface area (Å²) in [5.74, 6) is -0.639. The second-order valence-corrected chi connectivity index (χ2v) is 7.84. The van der Waals surface area contributed by atoms with E-state index in [9.17, 15) is 22.8 Å². The van der Waals surface area contributed by atoms with Crippen molar-refractivity contribution in [3.05, 3.63) is 59.8 Å². The minimum Gasteiger partial charge on any atom is -0.493 e. The summed E-state index contributed by atoms with van der Waals surface area (Å²) in [7, 11) is 4.08. The van der Waals surface area contributed by atoms with Gasteiger partial charge in [-0.15, -0.1) is 0 Å². The molecule has 1 heterocycles. The first kappa shape index (κ1) is 25.8. The van der Waals surface area contributed by atoms with Crippen LogP contribution in [0.4, 0.5) is 18.9 Å². The Balaban J connectivity index is 1.82. The number of ether oxygens (including phenoxy) is 3. The summed E-state index contributed by atoms with van der Waals surface area (Å²) in [5, 5.41) is 2.34. The molecule has 1 amide bonds. The molecule has 3 rings (SSSR count). The number of halogens is 3. The lowest BCUT2D eigenvalue weighted by atomic mass is 10.1. The van der Waals surface area contributed by atoms with Crippen LogP contribution in [-0.2, 0) is 15.7 Å². The molecule has 0 aliphatic rings. The van der Waals surface area contributed by atoms with Crippen molar-refractivity contribution in [2.45, 2.75) is 11.3 Å². The highest BCUT2D eigenvalue weighted by Crippen LogP contribution is 2.35. The monoisotopic (exact) mass is 507 g/mol. The number of aromatic nitrogens is 2. The van der Waals surface area contributed by atoms with Gasteiger partial charge in [0.15, 0.2) is 16.7 Å². The van der Waals surface area contributed by atoms with Gasteiger partial charge in [0.1, 0.15) is 5.69 Å². The number of anilines is 1. The van der Waals surface area contributed by atoms with Crippen LogP contribution in [0.25, 0.3) is 11.3 Å². The van der Waals surface area contributed by atoms with Crippen LogP contribution >= 0.6 is 11.8 Å². The second-order valence-electron chi connectivity index (χ2n) is 6.90. The Morgan fingerprint density at radius 3 is 2.37 bits per heavy atom. The van der Waals surface area contributed by atoms with Crippen LogP contribution in [-0.4, -0.2) is 48.9 Å². The molecule has 184 valence electrons. The highest BCUT2D eigenvalue weighted by Gasteiger charge is 2.34. The molecule has 0 atom stereocenters. The SMILES string of the molecule is COC(=O)c1cccc(NC(=O)CSc2nc(-c3ccc(OC)c(OC)c3)cc(C(F)(F)F)n2)c1. The van der Waals surface area contributed by atoms with Crippen LogP contribution in [0.1, 0.15) is 16.1 Å². The fraction of sp³-hybridized carbons (Fsp3) is 0.217. The van der Waals surface area contributed by atoms with Crippen molar-refractivity contribution in [1.82, 2.24) is 9.97 Å². The molecule has 0 radical (unpaired) electrons. The first-order chi connectivity index (χ1) is 16.6. The number of nitrogens with zero attached hydrogens (tertiary/aromatic N) is 2. The number of carbonyl (C=O) groups is 2. The molecule has 0 saturated heterocycles. The van der Waals surface area contributed by atoms with Crippen molar-refractivity contribution in [1.29, 1.82) is 0 Å². The van der Waals surface area contributed by atoms with Crippen LogP contribution in [0.3, 0.4) is 0 Å². The van der Waals surface area contributed by atoms with E-state index < -0.39 is 23.7 Å². The number of carbonyl (C=O) groups excluding carboxylic acids is 2. The summed E-state index contributed by atoms with van der Waals surface area (Å²) in [6.45, 7) is 0. The van der Waals surface area contributed by atoms with E-state index in [1.807, 2.05) is 0 Å². The highest BCUT2D eigenvalue weighted by molar-refractivity contribution is 7.99. The number of nitrogens with one attached hydrogen (secondary N) is 1. The third-order valence-electron chi connectivity index (χ3n) is 4.58. The molecule has 3 aromatic rings. The maximum Gasteiger partial charge on any atom is 0.433 e. The Bertz CT molecular complexity index is 1240. The number of hydrogen-bond donors (Lipinski definition) is 1. The fourth-order valence-electron chi connectivity index (χ4n) is 2.95. The highest BCUT2D eigenvalue weighted by atomic mass is 32.2. The molecule has 35 heavy (non-hydrogen) atoms. The van der Waals surface area contributed by atoms with Gasteiger partial charge in [0.2, 0.25) is 5.91 Å². The number of rotatable bonds is 8. The molecule has 0 saturated carbocycles. The second kappa shape index (κ2) is 11.1. The summed E-state index contributed by atoms with van der Waals surface area (Å²) in [4.78, 5) is 31.8. The van der Waals surface area contributed by atoms with Crippen LogP contribution < -0.4 is 14.8 Å². The number of esters is 1. The Hall–Kier alpha value is -3.80. The molecular formula is C23H20F3N3O5S. The van der Waals surface area contributed by atoms with Crippen molar-refractivity contribution < 1.29 is 37.0 Å². The van der Waals surface area contributed by atoms with Crippen LogP contribution in [0.2, 0.25) is 0 Å². The molecule has 8 nitrogen and oxygen atoms in total. The number of benzene rings is 2. The van der Waals surface area contributed by atoms with Gasteiger partial charge < -0.3 is 19.5 Å². The zero-order valence-corrected chi connectivity index (χ0v) is 19.6. The van der Waals surface area contributed by atoms with Crippen molar-refractivity contribution in [2.75, 3.05) is 32.4 Å². The topological polar surface area (TPSA) is 99.6 Å². The summed E-state index contributed by atoms with van der Waals surface area (Å²) in [5.41, 5.74) is -0.234. The van der Waals surface area contributed by atoms with Crippen LogP contribution in [0.5, 0.6) is 11.5 Å². The standard InChI is InChI=1S/C23H20F3N3O5S/c1-32-17-8-7-13(10-18(17)33-2)16-11-19(23(24,25)26)29-22(28-16)35-12-20(30)27-15-6-4-5-14(9-15)21(31)34-3/h4-11H,12H2,1-3H3,(H,27,30). The first-order valence-corrected chi connectivity index (χ1v) is 10.9. The zero-order chi connectivity index (χ0) is 25.6. The minimum atomic E-state index is -4.72. The normalized spacial score (nSPS) is 11.0. The molecule has 2 aromatic carbocycles. The van der Waals surface area contributed by atoms with E-state index in [4.69, 9.17) is 9.47 Å². The smallest absolute Gasteiger partial charge is 0.433 e. The van der Waals surface area contributed by atoms with Crippen molar-refractivity contribution in [3.8, 4) is 22.8 Å². The first-order valence-electron chi connectivity index (χ1n) is 9.94. The largest absolute Gasteiger partial charge is 0.493 e. The van der Waals surface area contributed by atoms with Crippen molar-refractivity contribution >= 4 is 29.3 Å². The molecular weight excluding hydrogens is 487 g/mol. The van der Waals surface area contributed by atoms with Gasteiger partial charge in [0.25, 0.3) is 0 Å². The molecule has 12 heteroatoms. The maximum atomic E-state index is 13.5. The Morgan fingerprint density at radius 1 is 0.971 bits per heavy atom. The predicted octanol–water partition coefficient (Wildman–Crippen LogP) is 4.70. The Kier molecular flexibility index (Phi) is 8.18. The van der Waals surface area contributed by atoms with Gasteiger partial charge in [0, 0.05) is 11.3 Å². The van der Waals surface area contributed by atoms with E-state index in [2.05, 4.69) is 20.0 Å². The van der Waals surface area contributed by atoms with E-state index in [1.54, 1.807) is 24.3 Å². The fourth-order valence-corrected chi connectivity index (χ4v) is 3.61. The number of methoxy groups -OCH3 is 3. The van der Waals surface area contributed by atoms with E-state index in [0.29, 0.717) is 22.7 Å². The van der Waals surface area contributed by atoms with Crippen LogP contribution in [0.15, 0.2) is 53.7 Å². The van der Waals surface area contributed by atoms with Crippen molar-refractivity contribution in [2.24, 2.45) is 0 Å². The number of hydrogen-bond acceptors (Lipinski definition) is 8. The molecule has 1 aromatic heterocycles. The third kappa shape index (κ3) is 6.63. The zero-order valence-electron chi connectivity index (χ0n) is 18.8. The number of thioether (sulfide) groups is 1. The summed E-state index contributed by atoms with van der Waals surface area (Å²) in [6, 6.07) is 11.5. The lowest BCUT2D eigenvalue weighted by molar-refractivity contribution is -0.141. The van der Waals surface area contributed by atoms with Gasteiger partial charge in [-0.1, -0.05) is 17.8 Å². The molecule has 0 aliphatic heterocycles. The van der Waals surface area contributed by atoms with Gasteiger partial charge >= 0.3 is 12.1 Å². The van der Waals surface area contributed by atoms with Gasteiger partial charge in [-0.25, -0.2) is 14.8 Å². The molecule has 0 bridgehead atoms. The number of amides is 1. The Labute approximate surface area is 202 Å². The van der Waals surface area contributed by atoms with Crippen molar-refractivity contribution in [3.63, 3.8) is 0 Å². The Morgan fingerprint density at radius 2 is 1.71 bits per heavy atom. The quantitative estimate of drug-likeness (QED) is 0.266. The number of alkyl halides is 3. The average Bonchev–Trinajstić information content (AvgIpc) is 2.86. The lowest BCUT2D eigenvalue weighted by Crippen LogP contribution is -2.15. The van der Waals surface area contributed by atoms with E-state index in [0.717, 1.165) is 17.8 Å². The van der Waals surface area contributed by atoms with E-state index >= 15 is 0 Å². The summed E-state index contributed by atoms with van der Waals surface area (Å²) < 4.78 is 55.5. The molecule has 0 aliphatic carbocycles. The lowest BCUT2D eigenvalue weighted by Gasteiger charge is -2.12. The van der Waals surface area contributed by atoms with E-state index in [1.165, 1.54) is 39.5 Å². The summed E-state index contributed by atoms with van der Waals surface area (Å²) >= 11 is 0.738. The van der Waals surface area contributed by atoms with Gasteiger partial charge in [-0.2, -0.15) is 13.2 Å². The van der Waals surface area contributed by atoms with Crippen LogP contribution in [0, 0.1) is 0 Å². The predicted molar refractivity (Wildman–Crippen MR) is 123 cm³/mol. The molecule has 0 spiro atoms. The minimum absolute atomic E-state index is 0.00182. The molecule has 0 fully saturated rings. The van der Waals surface area contributed by atoms with Gasteiger partial charge in [-0.3, -0.25) is 4.79 Å². The summed E-state index contributed by atoms with van der Waals surface area (Å²) in [6.07, 6.45) is -4.72. The molecule has 1 N–H and O–H groups in total. The average molecular weight is 507 g/mol. The maximum absolute atomic E-state index is 13.5. The van der Waals surface area contributed by atoms with Gasteiger partial charge in [0.05, 0.1) is 38.3 Å². The molecule has 0 unspecified atom stereocenters. The third-order valence-corrected chi connectivity index (χ3v) is 5.42. The van der Waals surface area contributed by atoms with Gasteiger partial charge in [-0.05, 0) is 42.5 Å². The van der Waals surface area contributed by atoms with E-state index in [-0.39, 0.29) is 22.2 Å².